The van der Waals surface area contributed by atoms with Crippen LogP contribution in [0.4, 0.5) is 10.5 Å². The zero-order valence-corrected chi connectivity index (χ0v) is 12.1. The smallest absolute Gasteiger partial charge is 0.328 e. The number of carboxylic acid groups (broad SMARTS) is 1. The Morgan fingerprint density at radius 2 is 1.90 bits per heavy atom. The second-order valence-electron chi connectivity index (χ2n) is 5.28. The Kier molecular flexibility index (Phi) is 4.98. The van der Waals surface area contributed by atoms with E-state index in [0.717, 1.165) is 43.1 Å². The predicted molar refractivity (Wildman–Crippen MR) is 82.3 cm³/mol. The van der Waals surface area contributed by atoms with Crippen LogP contribution in [0.25, 0.3) is 6.08 Å². The summed E-state index contributed by atoms with van der Waals surface area (Å²) in [6.07, 6.45) is 5.89. The van der Waals surface area contributed by atoms with Crippen molar-refractivity contribution in [3.8, 4) is 0 Å². The summed E-state index contributed by atoms with van der Waals surface area (Å²) in [6, 6.07) is 5.43. The van der Waals surface area contributed by atoms with Gasteiger partial charge in [0.25, 0.3) is 0 Å². The minimum absolute atomic E-state index is 0.0894. The predicted octanol–water partition coefficient (Wildman–Crippen LogP) is 3.11. The molecular weight excluding hydrogens is 268 g/mol. The van der Waals surface area contributed by atoms with Crippen molar-refractivity contribution < 1.29 is 14.7 Å². The second-order valence-corrected chi connectivity index (χ2v) is 5.28. The van der Waals surface area contributed by atoms with Gasteiger partial charge in [0.05, 0.1) is 0 Å². The maximum Gasteiger partial charge on any atom is 0.328 e. The Morgan fingerprint density at radius 1 is 1.19 bits per heavy atom. The highest BCUT2D eigenvalue weighted by Gasteiger charge is 2.16. The summed E-state index contributed by atoms with van der Waals surface area (Å²) < 4.78 is 0. The summed E-state index contributed by atoms with van der Waals surface area (Å²) in [7, 11) is 0. The SMILES string of the molecule is Cc1cc(/C=C/C(=O)O)cc(NC(=O)N2CCCCC2)c1. The minimum Gasteiger partial charge on any atom is -0.478 e. The van der Waals surface area contributed by atoms with E-state index >= 15 is 0 Å². The van der Waals surface area contributed by atoms with Crippen molar-refractivity contribution in [3.05, 3.63) is 35.4 Å². The van der Waals surface area contributed by atoms with Crippen LogP contribution in [0, 0.1) is 6.92 Å². The van der Waals surface area contributed by atoms with Crippen LogP contribution in [0.3, 0.4) is 0 Å². The van der Waals surface area contributed by atoms with Gasteiger partial charge in [0.15, 0.2) is 0 Å². The quantitative estimate of drug-likeness (QED) is 0.840. The number of nitrogens with zero attached hydrogens (tertiary/aromatic N) is 1. The lowest BCUT2D eigenvalue weighted by molar-refractivity contribution is -0.131. The molecule has 1 fully saturated rings. The Balaban J connectivity index is 2.08. The Hall–Kier alpha value is -2.30. The zero-order chi connectivity index (χ0) is 15.2. The van der Waals surface area contributed by atoms with Crippen LogP contribution in [0.5, 0.6) is 0 Å². The van der Waals surface area contributed by atoms with Gasteiger partial charge in [-0.2, -0.15) is 0 Å². The maximum absolute atomic E-state index is 12.2. The van der Waals surface area contributed by atoms with Gasteiger partial charge in [-0.3, -0.25) is 0 Å². The fraction of sp³-hybridized carbons (Fsp3) is 0.375. The van der Waals surface area contributed by atoms with Gasteiger partial charge in [0.2, 0.25) is 0 Å². The van der Waals surface area contributed by atoms with Crippen LogP contribution in [0.15, 0.2) is 24.3 Å². The average Bonchev–Trinajstić information content (AvgIpc) is 2.45. The number of anilines is 1. The molecule has 1 aliphatic heterocycles. The van der Waals surface area contributed by atoms with Crippen LogP contribution in [0.1, 0.15) is 30.4 Å². The molecule has 0 saturated carbocycles. The van der Waals surface area contributed by atoms with Gasteiger partial charge in [-0.05, 0) is 55.5 Å². The van der Waals surface area contributed by atoms with Crippen LogP contribution in [-0.4, -0.2) is 35.1 Å². The van der Waals surface area contributed by atoms with Crippen LogP contribution < -0.4 is 5.32 Å². The number of carboxylic acids is 1. The lowest BCUT2D eigenvalue weighted by Crippen LogP contribution is -2.38. The highest BCUT2D eigenvalue weighted by molar-refractivity contribution is 5.90. The molecule has 1 heterocycles. The highest BCUT2D eigenvalue weighted by Crippen LogP contribution is 2.17. The van der Waals surface area contributed by atoms with Gasteiger partial charge in [-0.25, -0.2) is 9.59 Å². The number of piperidine rings is 1. The molecule has 0 atom stereocenters. The monoisotopic (exact) mass is 288 g/mol. The summed E-state index contributed by atoms with van der Waals surface area (Å²) in [5, 5.41) is 11.6. The first-order chi connectivity index (χ1) is 10.0. The van der Waals surface area contributed by atoms with Crippen LogP contribution >= 0.6 is 0 Å². The molecule has 5 heteroatoms. The molecule has 21 heavy (non-hydrogen) atoms. The van der Waals surface area contributed by atoms with E-state index in [4.69, 9.17) is 5.11 Å². The van der Waals surface area contributed by atoms with Crippen molar-refractivity contribution in [3.63, 3.8) is 0 Å². The van der Waals surface area contributed by atoms with Gasteiger partial charge < -0.3 is 15.3 Å². The molecule has 0 radical (unpaired) electrons. The largest absolute Gasteiger partial charge is 0.478 e. The highest BCUT2D eigenvalue weighted by atomic mass is 16.4. The van der Waals surface area contributed by atoms with Gasteiger partial charge in [0, 0.05) is 24.9 Å². The molecule has 1 aromatic rings. The molecule has 1 aliphatic rings. The normalized spacial score (nSPS) is 15.2. The van der Waals surface area contributed by atoms with Gasteiger partial charge >= 0.3 is 12.0 Å². The topological polar surface area (TPSA) is 69.6 Å². The molecule has 0 unspecified atom stereocenters. The van der Waals surface area contributed by atoms with Crippen molar-refractivity contribution in [2.24, 2.45) is 0 Å². The van der Waals surface area contributed by atoms with E-state index in [1.807, 2.05) is 24.0 Å². The molecule has 0 aliphatic carbocycles. The van der Waals surface area contributed by atoms with E-state index in [9.17, 15) is 9.59 Å². The summed E-state index contributed by atoms with van der Waals surface area (Å²) in [5.41, 5.74) is 2.42. The van der Waals surface area contributed by atoms with Crippen molar-refractivity contribution in [2.45, 2.75) is 26.2 Å². The molecule has 2 N–H and O–H groups in total. The van der Waals surface area contributed by atoms with Gasteiger partial charge in [0.1, 0.15) is 0 Å². The second kappa shape index (κ2) is 6.92. The van der Waals surface area contributed by atoms with Crippen LogP contribution in [-0.2, 0) is 4.79 Å². The summed E-state index contributed by atoms with van der Waals surface area (Å²) in [4.78, 5) is 24.5. The lowest BCUT2D eigenvalue weighted by Gasteiger charge is -2.26. The number of likely N-dealkylation sites (tertiary alicyclic amines) is 1. The number of carbonyl (C=O) groups excluding carboxylic acids is 1. The molecule has 112 valence electrons. The molecular formula is C16H20N2O3. The molecule has 1 saturated heterocycles. The average molecular weight is 288 g/mol. The zero-order valence-electron chi connectivity index (χ0n) is 12.1. The number of nitrogens with one attached hydrogen (secondary N) is 1. The molecule has 0 spiro atoms. The first-order valence-corrected chi connectivity index (χ1v) is 7.13. The molecule has 5 nitrogen and oxygen atoms in total. The Morgan fingerprint density at radius 3 is 2.57 bits per heavy atom. The Labute approximate surface area is 124 Å². The molecule has 2 rings (SSSR count). The number of rotatable bonds is 3. The third kappa shape index (κ3) is 4.63. The number of aryl methyl sites for hydroxylation is 1. The van der Waals surface area contributed by atoms with Crippen LogP contribution in [0.2, 0.25) is 0 Å². The number of urea groups is 1. The Bertz CT molecular complexity index is 561. The third-order valence-electron chi connectivity index (χ3n) is 3.41. The first-order valence-electron chi connectivity index (χ1n) is 7.13. The number of hydrogen-bond acceptors (Lipinski definition) is 2. The number of hydrogen-bond donors (Lipinski definition) is 2. The number of carbonyl (C=O) groups is 2. The fourth-order valence-corrected chi connectivity index (χ4v) is 2.45. The van der Waals surface area contributed by atoms with E-state index in [2.05, 4.69) is 5.32 Å². The van der Waals surface area contributed by atoms with E-state index < -0.39 is 5.97 Å². The van der Waals surface area contributed by atoms with Crippen molar-refractivity contribution in [1.82, 2.24) is 4.90 Å². The molecule has 0 bridgehead atoms. The summed E-state index contributed by atoms with van der Waals surface area (Å²) in [5.74, 6) is -0.990. The standard InChI is InChI=1S/C16H20N2O3/c1-12-9-13(5-6-15(19)20)11-14(10-12)17-16(21)18-7-3-2-4-8-18/h5-6,9-11H,2-4,7-8H2,1H3,(H,17,21)(H,19,20)/b6-5+. The number of aliphatic carboxylic acids is 1. The minimum atomic E-state index is -0.990. The van der Waals surface area contributed by atoms with Gasteiger partial charge in [-0.1, -0.05) is 6.07 Å². The van der Waals surface area contributed by atoms with E-state index in [-0.39, 0.29) is 6.03 Å². The fourth-order valence-electron chi connectivity index (χ4n) is 2.45. The number of benzene rings is 1. The number of amides is 2. The van der Waals surface area contributed by atoms with Crippen molar-refractivity contribution >= 4 is 23.8 Å². The lowest BCUT2D eigenvalue weighted by atomic mass is 10.1. The molecule has 1 aromatic carbocycles. The van der Waals surface area contributed by atoms with Gasteiger partial charge in [-0.15, -0.1) is 0 Å². The van der Waals surface area contributed by atoms with E-state index in [1.165, 1.54) is 12.5 Å². The van der Waals surface area contributed by atoms with E-state index in [0.29, 0.717) is 5.69 Å². The van der Waals surface area contributed by atoms with Crippen molar-refractivity contribution in [2.75, 3.05) is 18.4 Å². The summed E-state index contributed by atoms with van der Waals surface area (Å²) >= 11 is 0. The first kappa shape index (κ1) is 15.1. The molecule has 0 aromatic heterocycles. The molecule has 2 amide bonds. The third-order valence-corrected chi connectivity index (χ3v) is 3.41. The van der Waals surface area contributed by atoms with E-state index in [1.54, 1.807) is 6.07 Å². The summed E-state index contributed by atoms with van der Waals surface area (Å²) in [6.45, 7) is 3.50. The maximum atomic E-state index is 12.2. The van der Waals surface area contributed by atoms with Crippen molar-refractivity contribution in [1.29, 1.82) is 0 Å².